The van der Waals surface area contributed by atoms with Crippen molar-refractivity contribution in [3.05, 3.63) is 182 Å². The molecule has 0 atom stereocenters. The summed E-state index contributed by atoms with van der Waals surface area (Å²) in [6.07, 6.45) is 0. The van der Waals surface area contributed by atoms with Gasteiger partial charge >= 0.3 is 0 Å². The Morgan fingerprint density at radius 1 is 0.314 bits per heavy atom. The van der Waals surface area contributed by atoms with Gasteiger partial charge in [0, 0.05) is 33.0 Å². The third-order valence-corrected chi connectivity index (χ3v) is 9.81. The fourth-order valence-corrected chi connectivity index (χ4v) is 7.32. The van der Waals surface area contributed by atoms with Crippen LogP contribution in [-0.4, -0.2) is 19.5 Å². The van der Waals surface area contributed by atoms with Crippen molar-refractivity contribution in [1.29, 1.82) is 0 Å². The minimum absolute atomic E-state index is 0.624. The van der Waals surface area contributed by atoms with Gasteiger partial charge in [-0.25, -0.2) is 15.0 Å². The molecule has 0 aliphatic heterocycles. The van der Waals surface area contributed by atoms with Crippen molar-refractivity contribution in [3.63, 3.8) is 0 Å². The van der Waals surface area contributed by atoms with Crippen molar-refractivity contribution in [2.24, 2.45) is 0 Å². The number of nitrogens with zero attached hydrogens (tertiary/aromatic N) is 4. The van der Waals surface area contributed by atoms with Crippen molar-refractivity contribution in [3.8, 4) is 51.0 Å². The van der Waals surface area contributed by atoms with Crippen LogP contribution in [0.5, 0.6) is 0 Å². The second-order valence-corrected chi connectivity index (χ2v) is 12.9. The van der Waals surface area contributed by atoms with Gasteiger partial charge in [0.05, 0.1) is 16.7 Å². The Kier molecular flexibility index (Phi) is 6.78. The molecule has 2 aromatic heterocycles. The molecular weight excluding hydrogens is 621 g/mol. The Morgan fingerprint density at radius 3 is 1.39 bits per heavy atom. The fraction of sp³-hybridized carbons (Fsp3) is 0. The average molecular weight is 651 g/mol. The zero-order valence-corrected chi connectivity index (χ0v) is 27.6. The molecule has 8 aromatic carbocycles. The molecule has 0 fully saturated rings. The molecule has 10 rings (SSSR count). The topological polar surface area (TPSA) is 43.6 Å². The molecule has 0 unspecified atom stereocenters. The third kappa shape index (κ3) is 5.04. The molecule has 238 valence electrons. The van der Waals surface area contributed by atoms with Crippen molar-refractivity contribution >= 4 is 43.4 Å². The van der Waals surface area contributed by atoms with E-state index in [1.807, 2.05) is 18.2 Å². The van der Waals surface area contributed by atoms with Gasteiger partial charge in [-0.2, -0.15) is 0 Å². The molecule has 4 heteroatoms. The van der Waals surface area contributed by atoms with Gasteiger partial charge in [-0.1, -0.05) is 152 Å². The Bertz CT molecular complexity index is 2870. The molecule has 2 heterocycles. The molecule has 0 amide bonds. The van der Waals surface area contributed by atoms with Gasteiger partial charge in [-0.15, -0.1) is 0 Å². The highest BCUT2D eigenvalue weighted by molar-refractivity contribution is 6.10. The third-order valence-electron chi connectivity index (χ3n) is 9.81. The minimum atomic E-state index is 0.624. The number of rotatable bonds is 5. The second kappa shape index (κ2) is 11.9. The predicted molar refractivity (Wildman–Crippen MR) is 211 cm³/mol. The average Bonchev–Trinajstić information content (AvgIpc) is 3.54. The summed E-state index contributed by atoms with van der Waals surface area (Å²) >= 11 is 0. The summed E-state index contributed by atoms with van der Waals surface area (Å²) < 4.78 is 2.39. The van der Waals surface area contributed by atoms with E-state index in [4.69, 9.17) is 15.0 Å². The molecule has 0 saturated carbocycles. The van der Waals surface area contributed by atoms with Crippen molar-refractivity contribution in [1.82, 2.24) is 19.5 Å². The summed E-state index contributed by atoms with van der Waals surface area (Å²) in [5.41, 5.74) is 8.44. The van der Waals surface area contributed by atoms with Crippen molar-refractivity contribution in [2.45, 2.75) is 0 Å². The maximum absolute atomic E-state index is 5.17. The Morgan fingerprint density at radius 2 is 0.765 bits per heavy atom. The lowest BCUT2D eigenvalue weighted by atomic mass is 9.98. The van der Waals surface area contributed by atoms with Crippen LogP contribution in [0.2, 0.25) is 0 Å². The highest BCUT2D eigenvalue weighted by Crippen LogP contribution is 2.39. The van der Waals surface area contributed by atoms with Crippen LogP contribution in [0.4, 0.5) is 0 Å². The largest absolute Gasteiger partial charge is 0.309 e. The van der Waals surface area contributed by atoms with Gasteiger partial charge < -0.3 is 4.57 Å². The molecule has 51 heavy (non-hydrogen) atoms. The number of fused-ring (bicyclic) bond motifs is 5. The van der Waals surface area contributed by atoms with Crippen LogP contribution in [0, 0.1) is 0 Å². The number of para-hydroxylation sites is 2. The van der Waals surface area contributed by atoms with Crippen LogP contribution in [0.25, 0.3) is 94.3 Å². The summed E-state index contributed by atoms with van der Waals surface area (Å²) in [6.45, 7) is 0. The van der Waals surface area contributed by atoms with E-state index < -0.39 is 0 Å². The van der Waals surface area contributed by atoms with Gasteiger partial charge in [0.2, 0.25) is 0 Å². The number of hydrogen-bond donors (Lipinski definition) is 0. The molecule has 0 saturated heterocycles. The van der Waals surface area contributed by atoms with E-state index in [9.17, 15) is 0 Å². The Hall–Kier alpha value is -6.91. The van der Waals surface area contributed by atoms with E-state index in [1.54, 1.807) is 0 Å². The van der Waals surface area contributed by atoms with E-state index in [0.717, 1.165) is 49.9 Å². The number of benzene rings is 8. The fourth-order valence-electron chi connectivity index (χ4n) is 7.32. The number of hydrogen-bond acceptors (Lipinski definition) is 3. The highest BCUT2D eigenvalue weighted by Gasteiger charge is 2.19. The molecule has 10 aromatic rings. The van der Waals surface area contributed by atoms with Gasteiger partial charge in [0.15, 0.2) is 17.5 Å². The van der Waals surface area contributed by atoms with E-state index in [2.05, 4.69) is 168 Å². The van der Waals surface area contributed by atoms with Gasteiger partial charge in [-0.3, -0.25) is 0 Å². The summed E-state index contributed by atoms with van der Waals surface area (Å²) in [5, 5.41) is 7.18. The Labute approximate surface area is 295 Å². The molecule has 0 radical (unpaired) electrons. The zero-order valence-electron chi connectivity index (χ0n) is 27.6. The lowest BCUT2D eigenvalue weighted by molar-refractivity contribution is 1.07. The molecule has 0 aliphatic rings. The van der Waals surface area contributed by atoms with Crippen LogP contribution >= 0.6 is 0 Å². The SMILES string of the molecule is c1ccc(-c2nc(-c3ccc(-c4ccc5ccccc5c4)c(-n4c5ccccc5c5ccccc54)c3)nc(-c3ccc4ccccc4c3)n2)cc1. The van der Waals surface area contributed by atoms with E-state index in [1.165, 1.54) is 26.9 Å². The molecule has 0 bridgehead atoms. The van der Waals surface area contributed by atoms with Crippen LogP contribution in [-0.2, 0) is 0 Å². The minimum Gasteiger partial charge on any atom is -0.309 e. The summed E-state index contributed by atoms with van der Waals surface area (Å²) in [7, 11) is 0. The molecule has 0 N–H and O–H groups in total. The van der Waals surface area contributed by atoms with Gasteiger partial charge in [0.1, 0.15) is 0 Å². The van der Waals surface area contributed by atoms with E-state index in [-0.39, 0.29) is 0 Å². The molecular formula is C47H30N4. The van der Waals surface area contributed by atoms with Gasteiger partial charge in [-0.05, 0) is 57.4 Å². The lowest BCUT2D eigenvalue weighted by Gasteiger charge is -2.17. The molecule has 4 nitrogen and oxygen atoms in total. The molecule has 0 spiro atoms. The monoisotopic (exact) mass is 650 g/mol. The van der Waals surface area contributed by atoms with Crippen LogP contribution < -0.4 is 0 Å². The predicted octanol–water partition coefficient (Wildman–Crippen LogP) is 11.9. The van der Waals surface area contributed by atoms with E-state index in [0.29, 0.717) is 17.5 Å². The normalized spacial score (nSPS) is 11.5. The van der Waals surface area contributed by atoms with Gasteiger partial charge in [0.25, 0.3) is 0 Å². The zero-order chi connectivity index (χ0) is 33.7. The summed E-state index contributed by atoms with van der Waals surface area (Å²) in [5.74, 6) is 1.90. The summed E-state index contributed by atoms with van der Waals surface area (Å²) in [6, 6.07) is 64.1. The first kappa shape index (κ1) is 29.0. The number of aromatic nitrogens is 4. The summed E-state index contributed by atoms with van der Waals surface area (Å²) in [4.78, 5) is 15.3. The van der Waals surface area contributed by atoms with Crippen LogP contribution in [0.3, 0.4) is 0 Å². The maximum atomic E-state index is 5.17. The maximum Gasteiger partial charge on any atom is 0.164 e. The Balaban J connectivity index is 1.24. The second-order valence-electron chi connectivity index (χ2n) is 12.9. The van der Waals surface area contributed by atoms with Crippen LogP contribution in [0.15, 0.2) is 182 Å². The van der Waals surface area contributed by atoms with Crippen LogP contribution in [0.1, 0.15) is 0 Å². The highest BCUT2D eigenvalue weighted by atomic mass is 15.0. The molecule has 0 aliphatic carbocycles. The standard InChI is InChI=1S/C47H30N4/c1-2-14-33(15-3-1)45-48-46(37-25-23-32-13-5-7-17-35(32)29-37)50-47(49-45)38-26-27-39(36-24-22-31-12-4-6-16-34(31)28-36)44(30-38)51-42-20-10-8-18-40(42)41-19-9-11-21-43(41)51/h1-30H. The smallest absolute Gasteiger partial charge is 0.164 e. The first-order valence-corrected chi connectivity index (χ1v) is 17.2. The van der Waals surface area contributed by atoms with Crippen molar-refractivity contribution in [2.75, 3.05) is 0 Å². The quantitative estimate of drug-likeness (QED) is 0.186. The first-order valence-electron chi connectivity index (χ1n) is 17.2. The lowest BCUT2D eigenvalue weighted by Crippen LogP contribution is -2.02. The van der Waals surface area contributed by atoms with Crippen molar-refractivity contribution < 1.29 is 0 Å². The first-order chi connectivity index (χ1) is 25.3. The van der Waals surface area contributed by atoms with E-state index >= 15 is 0 Å².